The Balaban J connectivity index is 1.75. The lowest BCUT2D eigenvalue weighted by Gasteiger charge is -2.21. The fourth-order valence-corrected chi connectivity index (χ4v) is 3.43. The topological polar surface area (TPSA) is 40.7 Å². The number of aryl methyl sites for hydroxylation is 2. The molecule has 1 fully saturated rings. The maximum absolute atomic E-state index is 4.21. The summed E-state index contributed by atoms with van der Waals surface area (Å²) in [5, 5.41) is 11.6. The third-order valence-corrected chi connectivity index (χ3v) is 4.63. The van der Waals surface area contributed by atoms with Crippen molar-refractivity contribution in [2.75, 3.05) is 12.3 Å². The zero-order valence-electron chi connectivity index (χ0n) is 10.2. The molecule has 2 N–H and O–H groups in total. The van der Waals surface area contributed by atoms with Gasteiger partial charge in [0.25, 0.3) is 0 Å². The Bertz CT molecular complexity index is 310. The van der Waals surface area contributed by atoms with Crippen LogP contribution in [0.3, 0.4) is 0 Å². The quantitative estimate of drug-likeness (QED) is 0.847. The predicted octanol–water partition coefficient (Wildman–Crippen LogP) is 2.40. The molecule has 4 heteroatoms. The van der Waals surface area contributed by atoms with Gasteiger partial charge in [-0.2, -0.15) is 16.9 Å². The van der Waals surface area contributed by atoms with Gasteiger partial charge in [0.05, 0.1) is 5.69 Å². The van der Waals surface area contributed by atoms with Gasteiger partial charge in [0.2, 0.25) is 0 Å². The Labute approximate surface area is 102 Å². The van der Waals surface area contributed by atoms with Crippen molar-refractivity contribution in [2.24, 2.45) is 0 Å². The molecule has 1 aliphatic heterocycles. The summed E-state index contributed by atoms with van der Waals surface area (Å²) in [5.74, 6) is 1.34. The number of H-pyrrole nitrogens is 1. The summed E-state index contributed by atoms with van der Waals surface area (Å²) in [4.78, 5) is 0. The van der Waals surface area contributed by atoms with Crippen molar-refractivity contribution in [3.63, 3.8) is 0 Å². The first-order valence-corrected chi connectivity index (χ1v) is 7.15. The summed E-state index contributed by atoms with van der Waals surface area (Å²) >= 11 is 2.12. The molecule has 0 spiro atoms. The molecule has 1 atom stereocenters. The Kier molecular flexibility index (Phi) is 4.29. The average Bonchev–Trinajstić information content (AvgIpc) is 2.62. The molecule has 0 amide bonds. The monoisotopic (exact) mass is 239 g/mol. The van der Waals surface area contributed by atoms with E-state index in [2.05, 4.69) is 41.1 Å². The van der Waals surface area contributed by atoms with Crippen LogP contribution in [0.2, 0.25) is 0 Å². The molecule has 1 saturated heterocycles. The number of hydrogen-bond donors (Lipinski definition) is 2. The first kappa shape index (κ1) is 12.0. The number of nitrogens with zero attached hydrogens (tertiary/aromatic N) is 1. The molecule has 0 aliphatic carbocycles. The standard InChI is InChI=1S/C12H21N3S/c1-9-12(10(2)15-14-9)8-13-7-11-5-3-4-6-16-11/h11,13H,3-8H2,1-2H3,(H,14,15). The highest BCUT2D eigenvalue weighted by atomic mass is 32.2. The number of nitrogens with one attached hydrogen (secondary N) is 2. The first-order valence-electron chi connectivity index (χ1n) is 6.10. The first-order chi connectivity index (χ1) is 7.77. The van der Waals surface area contributed by atoms with Crippen LogP contribution >= 0.6 is 11.8 Å². The summed E-state index contributed by atoms with van der Waals surface area (Å²) in [5.41, 5.74) is 3.66. The van der Waals surface area contributed by atoms with Crippen LogP contribution < -0.4 is 5.32 Å². The van der Waals surface area contributed by atoms with E-state index >= 15 is 0 Å². The van der Waals surface area contributed by atoms with E-state index in [4.69, 9.17) is 0 Å². The zero-order chi connectivity index (χ0) is 11.4. The minimum Gasteiger partial charge on any atom is -0.311 e. The summed E-state index contributed by atoms with van der Waals surface area (Å²) in [6.07, 6.45) is 4.19. The zero-order valence-corrected chi connectivity index (χ0v) is 11.0. The Hall–Kier alpha value is -0.480. The Morgan fingerprint density at radius 3 is 2.94 bits per heavy atom. The van der Waals surface area contributed by atoms with E-state index in [1.54, 1.807) is 0 Å². The van der Waals surface area contributed by atoms with Gasteiger partial charge >= 0.3 is 0 Å². The summed E-state index contributed by atoms with van der Waals surface area (Å²) in [7, 11) is 0. The van der Waals surface area contributed by atoms with E-state index in [9.17, 15) is 0 Å². The second kappa shape index (κ2) is 5.73. The summed E-state index contributed by atoms with van der Waals surface area (Å²) in [6, 6.07) is 0. The lowest BCUT2D eigenvalue weighted by molar-refractivity contribution is 0.596. The highest BCUT2D eigenvalue weighted by Gasteiger charge is 2.13. The Morgan fingerprint density at radius 1 is 1.44 bits per heavy atom. The summed E-state index contributed by atoms with van der Waals surface area (Å²) < 4.78 is 0. The molecule has 1 aromatic heterocycles. The van der Waals surface area contributed by atoms with Crippen molar-refractivity contribution in [3.8, 4) is 0 Å². The third kappa shape index (κ3) is 3.01. The van der Waals surface area contributed by atoms with Crippen LogP contribution in [0.4, 0.5) is 0 Å². The fourth-order valence-electron chi connectivity index (χ4n) is 2.16. The normalized spacial score (nSPS) is 21.2. The van der Waals surface area contributed by atoms with E-state index in [1.165, 1.54) is 36.3 Å². The van der Waals surface area contributed by atoms with Gasteiger partial charge in [-0.15, -0.1) is 0 Å². The number of aromatic amines is 1. The van der Waals surface area contributed by atoms with Gasteiger partial charge in [-0.3, -0.25) is 5.10 Å². The summed E-state index contributed by atoms with van der Waals surface area (Å²) in [6.45, 7) is 6.24. The maximum Gasteiger partial charge on any atom is 0.0638 e. The van der Waals surface area contributed by atoms with Crippen molar-refractivity contribution in [1.82, 2.24) is 15.5 Å². The number of hydrogen-bond acceptors (Lipinski definition) is 3. The molecular formula is C12H21N3S. The van der Waals surface area contributed by atoms with Crippen LogP contribution in [0.25, 0.3) is 0 Å². The van der Waals surface area contributed by atoms with Gasteiger partial charge in [0.1, 0.15) is 0 Å². The lowest BCUT2D eigenvalue weighted by atomic mass is 10.1. The van der Waals surface area contributed by atoms with Gasteiger partial charge in [0.15, 0.2) is 0 Å². The number of aromatic nitrogens is 2. The van der Waals surface area contributed by atoms with E-state index in [1.807, 2.05) is 0 Å². The largest absolute Gasteiger partial charge is 0.311 e. The van der Waals surface area contributed by atoms with Crippen LogP contribution in [0, 0.1) is 13.8 Å². The Morgan fingerprint density at radius 2 is 2.31 bits per heavy atom. The molecule has 0 saturated carbocycles. The van der Waals surface area contributed by atoms with E-state index in [0.29, 0.717) is 0 Å². The van der Waals surface area contributed by atoms with Gasteiger partial charge in [-0.1, -0.05) is 6.42 Å². The van der Waals surface area contributed by atoms with Crippen LogP contribution in [0.1, 0.15) is 36.2 Å². The maximum atomic E-state index is 4.21. The molecule has 90 valence electrons. The molecule has 1 aromatic rings. The highest BCUT2D eigenvalue weighted by Crippen LogP contribution is 2.24. The smallest absolute Gasteiger partial charge is 0.0638 e. The SMILES string of the molecule is Cc1n[nH]c(C)c1CNCC1CCCCS1. The molecule has 2 heterocycles. The molecule has 0 radical (unpaired) electrons. The average molecular weight is 239 g/mol. The van der Waals surface area contributed by atoms with Crippen molar-refractivity contribution >= 4 is 11.8 Å². The molecule has 3 nitrogen and oxygen atoms in total. The molecule has 0 bridgehead atoms. The van der Waals surface area contributed by atoms with Crippen molar-refractivity contribution in [3.05, 3.63) is 17.0 Å². The second-order valence-electron chi connectivity index (χ2n) is 4.53. The molecule has 2 rings (SSSR count). The molecule has 0 aromatic carbocycles. The number of thioether (sulfide) groups is 1. The van der Waals surface area contributed by atoms with E-state index < -0.39 is 0 Å². The van der Waals surface area contributed by atoms with Crippen LogP contribution in [0.15, 0.2) is 0 Å². The fraction of sp³-hybridized carbons (Fsp3) is 0.750. The van der Waals surface area contributed by atoms with Crippen molar-refractivity contribution < 1.29 is 0 Å². The predicted molar refractivity (Wildman–Crippen MR) is 69.9 cm³/mol. The lowest BCUT2D eigenvalue weighted by Crippen LogP contribution is -2.26. The molecule has 1 unspecified atom stereocenters. The van der Waals surface area contributed by atoms with Crippen molar-refractivity contribution in [2.45, 2.75) is 44.9 Å². The van der Waals surface area contributed by atoms with Gasteiger partial charge in [-0.25, -0.2) is 0 Å². The highest BCUT2D eigenvalue weighted by molar-refractivity contribution is 7.99. The molecule has 1 aliphatic rings. The van der Waals surface area contributed by atoms with E-state index in [0.717, 1.165) is 24.0 Å². The van der Waals surface area contributed by atoms with Gasteiger partial charge in [-0.05, 0) is 32.4 Å². The van der Waals surface area contributed by atoms with Crippen LogP contribution in [0.5, 0.6) is 0 Å². The van der Waals surface area contributed by atoms with Crippen molar-refractivity contribution in [1.29, 1.82) is 0 Å². The van der Waals surface area contributed by atoms with Crippen LogP contribution in [-0.4, -0.2) is 27.7 Å². The minimum atomic E-state index is 0.821. The van der Waals surface area contributed by atoms with E-state index in [-0.39, 0.29) is 0 Å². The van der Waals surface area contributed by atoms with Gasteiger partial charge < -0.3 is 5.32 Å². The second-order valence-corrected chi connectivity index (χ2v) is 5.94. The van der Waals surface area contributed by atoms with Gasteiger partial charge in [0, 0.05) is 29.6 Å². The third-order valence-electron chi connectivity index (χ3n) is 3.23. The van der Waals surface area contributed by atoms with Crippen LogP contribution in [-0.2, 0) is 6.54 Å². The number of rotatable bonds is 4. The molecular weight excluding hydrogens is 218 g/mol. The molecule has 16 heavy (non-hydrogen) atoms. The minimum absolute atomic E-state index is 0.821.